The molecule has 82 valence electrons. The SMILES string of the molecule is O.O=C([O-])CC(O)(CC(=O)[O-])C(=O)[O-].[K+].[K+].[K+].[K+]. The molecule has 0 heterocycles. The van der Waals surface area contributed by atoms with Crippen molar-refractivity contribution in [1.29, 1.82) is 0 Å². The van der Waals surface area contributed by atoms with Crippen molar-refractivity contribution in [2.24, 2.45) is 0 Å². The summed E-state index contributed by atoms with van der Waals surface area (Å²) in [6, 6.07) is 0. The van der Waals surface area contributed by atoms with Gasteiger partial charge >= 0.3 is 206 Å². The Morgan fingerprint density at radius 2 is 1.06 bits per heavy atom. The monoisotopic (exact) mass is 363 g/mol. The van der Waals surface area contributed by atoms with E-state index in [1.807, 2.05) is 0 Å². The quantitative estimate of drug-likeness (QED) is 0.472. The van der Waals surface area contributed by atoms with Gasteiger partial charge in [0.2, 0.25) is 0 Å². The van der Waals surface area contributed by atoms with Crippen LogP contribution in [0.25, 0.3) is 0 Å². The van der Waals surface area contributed by atoms with Crippen LogP contribution in [0.1, 0.15) is 12.8 Å². The minimum Gasteiger partial charge on any atom is -0.550 e. The molecule has 0 aliphatic heterocycles. The molecule has 12 heteroatoms. The zero-order valence-electron chi connectivity index (χ0n) is 10.8. The summed E-state index contributed by atoms with van der Waals surface area (Å²) in [6.07, 6.45) is -2.72. The molecule has 0 radical (unpaired) electrons. The van der Waals surface area contributed by atoms with Gasteiger partial charge in [-0.15, -0.1) is 0 Å². The maximum atomic E-state index is 10.1. The third-order valence-corrected chi connectivity index (χ3v) is 1.25. The largest absolute Gasteiger partial charge is 1.00 e. The number of carboxylic acid groups (broad SMARTS) is 3. The molecule has 0 fully saturated rings. The van der Waals surface area contributed by atoms with Crippen LogP contribution in [0.15, 0.2) is 0 Å². The van der Waals surface area contributed by atoms with Crippen molar-refractivity contribution >= 4 is 17.9 Å². The third kappa shape index (κ3) is 18.9. The zero-order chi connectivity index (χ0) is 10.6. The minimum absolute atomic E-state index is 0. The summed E-state index contributed by atoms with van der Waals surface area (Å²) in [5, 5.41) is 38.9. The smallest absolute Gasteiger partial charge is 0.550 e. The van der Waals surface area contributed by atoms with Gasteiger partial charge in [-0.05, 0) is 0 Å². The Balaban J connectivity index is -0.0000000720. The topological polar surface area (TPSA) is 172 Å². The Morgan fingerprint density at radius 3 is 1.17 bits per heavy atom. The number of rotatable bonds is 5. The fraction of sp³-hybridized carbons (Fsp3) is 0.500. The number of hydrogen-bond acceptors (Lipinski definition) is 7. The third-order valence-electron chi connectivity index (χ3n) is 1.25. The average molecular weight is 364 g/mol. The first-order chi connectivity index (χ1) is 5.78. The van der Waals surface area contributed by atoms with Gasteiger partial charge < -0.3 is 40.3 Å². The average Bonchev–Trinajstić information content (AvgIpc) is 1.82. The molecule has 0 saturated heterocycles. The molecule has 3 N–H and O–H groups in total. The molecule has 0 rings (SSSR count). The summed E-state index contributed by atoms with van der Waals surface area (Å²) < 4.78 is 0. The molecule has 0 atom stereocenters. The number of aliphatic carboxylic acids is 3. The van der Waals surface area contributed by atoms with Crippen LogP contribution < -0.4 is 221 Å². The second kappa shape index (κ2) is 19.9. The molecule has 0 aliphatic rings. The second-order valence-electron chi connectivity index (χ2n) is 2.42. The van der Waals surface area contributed by atoms with Crippen molar-refractivity contribution in [3.63, 3.8) is 0 Å². The normalized spacial score (nSPS) is 7.83. The summed E-state index contributed by atoms with van der Waals surface area (Å²) >= 11 is 0. The number of aliphatic hydroxyl groups is 1. The van der Waals surface area contributed by atoms with E-state index in [0.717, 1.165) is 0 Å². The van der Waals surface area contributed by atoms with Crippen LogP contribution in [0.2, 0.25) is 0 Å². The van der Waals surface area contributed by atoms with E-state index in [9.17, 15) is 29.7 Å². The van der Waals surface area contributed by atoms with Gasteiger partial charge in [0, 0.05) is 24.8 Å². The van der Waals surface area contributed by atoms with Crippen molar-refractivity contribution in [3.8, 4) is 0 Å². The molecule has 8 nitrogen and oxygen atoms in total. The number of hydrogen-bond donors (Lipinski definition) is 1. The number of carbonyl (C=O) groups is 3. The maximum Gasteiger partial charge on any atom is 1.00 e. The van der Waals surface area contributed by atoms with Gasteiger partial charge in [-0.2, -0.15) is 0 Å². The summed E-state index contributed by atoms with van der Waals surface area (Å²) in [5.74, 6) is -5.98. The van der Waals surface area contributed by atoms with Crippen LogP contribution in [0.4, 0.5) is 0 Å². The molecular weight excluding hydrogens is 356 g/mol. The Bertz CT molecular complexity index is 242. The zero-order valence-corrected chi connectivity index (χ0v) is 23.3. The molecule has 0 aromatic carbocycles. The molecule has 0 amide bonds. The van der Waals surface area contributed by atoms with E-state index >= 15 is 0 Å². The molecule has 18 heavy (non-hydrogen) atoms. The van der Waals surface area contributed by atoms with Crippen molar-refractivity contribution in [1.82, 2.24) is 0 Å². The molecule has 0 unspecified atom stereocenters. The molecule has 0 spiro atoms. The van der Waals surface area contributed by atoms with Gasteiger partial charge in [0.1, 0.15) is 5.60 Å². The van der Waals surface area contributed by atoms with Gasteiger partial charge in [-0.1, -0.05) is 0 Å². The van der Waals surface area contributed by atoms with Gasteiger partial charge in [-0.3, -0.25) is 0 Å². The predicted molar refractivity (Wildman–Crippen MR) is 32.8 cm³/mol. The molecule has 0 bridgehead atoms. The van der Waals surface area contributed by atoms with Crippen LogP contribution in [-0.2, 0) is 14.4 Å². The van der Waals surface area contributed by atoms with Gasteiger partial charge in [-0.25, -0.2) is 0 Å². The van der Waals surface area contributed by atoms with E-state index in [-0.39, 0.29) is 211 Å². The van der Waals surface area contributed by atoms with Crippen LogP contribution in [0.3, 0.4) is 0 Å². The standard InChI is InChI=1S/C6H8O7.4K.H2O/c7-3(8)1-6(13,5(11)12)2-4(9)10;;;;;/h13H,1-2H2,(H,7,8)(H,9,10)(H,11,12);;;;;1H2/q;4*+1;/p-3. The van der Waals surface area contributed by atoms with Crippen LogP contribution in [0.5, 0.6) is 0 Å². The summed E-state index contributed by atoms with van der Waals surface area (Å²) in [7, 11) is 0. The summed E-state index contributed by atoms with van der Waals surface area (Å²) in [4.78, 5) is 30.0. The van der Waals surface area contributed by atoms with Gasteiger partial charge in [0.15, 0.2) is 0 Å². The Labute approximate surface area is 273 Å². The van der Waals surface area contributed by atoms with Crippen molar-refractivity contribution in [2.45, 2.75) is 18.4 Å². The molecule has 0 aliphatic carbocycles. The van der Waals surface area contributed by atoms with Gasteiger partial charge in [0.25, 0.3) is 0 Å². The predicted octanol–water partition coefficient (Wildman–Crippen LogP) is -18.1. The molecule has 0 saturated carbocycles. The fourth-order valence-corrected chi connectivity index (χ4v) is 0.684. The summed E-state index contributed by atoms with van der Waals surface area (Å²) in [6.45, 7) is 0. The fourth-order valence-electron chi connectivity index (χ4n) is 0.684. The van der Waals surface area contributed by atoms with Crippen LogP contribution >= 0.6 is 0 Å². The Morgan fingerprint density at radius 1 is 0.833 bits per heavy atom. The Kier molecular flexibility index (Phi) is 42.5. The van der Waals surface area contributed by atoms with Crippen LogP contribution in [-0.4, -0.2) is 34.1 Å². The van der Waals surface area contributed by atoms with Crippen molar-refractivity contribution in [3.05, 3.63) is 0 Å². The van der Waals surface area contributed by atoms with E-state index in [1.165, 1.54) is 0 Å². The van der Waals surface area contributed by atoms with Crippen molar-refractivity contribution < 1.29 is 246 Å². The minimum atomic E-state index is -2.97. The molecular formula is C6H7K4O8+. The summed E-state index contributed by atoms with van der Waals surface area (Å²) in [5.41, 5.74) is -2.97. The van der Waals surface area contributed by atoms with E-state index in [0.29, 0.717) is 0 Å². The maximum absolute atomic E-state index is 10.1. The number of carbonyl (C=O) groups excluding carboxylic acids is 3. The van der Waals surface area contributed by atoms with Gasteiger partial charge in [0.05, 0.1) is 5.97 Å². The Hall–Kier alpha value is 4.88. The van der Waals surface area contributed by atoms with E-state index in [4.69, 9.17) is 5.11 Å². The van der Waals surface area contributed by atoms with E-state index in [2.05, 4.69) is 0 Å². The molecule has 0 aromatic rings. The first-order valence-corrected chi connectivity index (χ1v) is 3.11. The second-order valence-corrected chi connectivity index (χ2v) is 2.42. The van der Waals surface area contributed by atoms with E-state index in [1.54, 1.807) is 0 Å². The van der Waals surface area contributed by atoms with E-state index < -0.39 is 36.4 Å². The number of carboxylic acids is 3. The first-order valence-electron chi connectivity index (χ1n) is 3.11. The van der Waals surface area contributed by atoms with Crippen LogP contribution in [0, 0.1) is 0 Å². The molecule has 0 aromatic heterocycles. The van der Waals surface area contributed by atoms with Crippen molar-refractivity contribution in [2.75, 3.05) is 0 Å². The first kappa shape index (κ1) is 38.4.